The number of thioether (sulfide) groups is 1. The maximum atomic E-state index is 13.1. The van der Waals surface area contributed by atoms with Crippen LogP contribution in [0.1, 0.15) is 4.79 Å². The molecule has 28 heavy (non-hydrogen) atoms. The molecular formula is C22H16N4OS. The smallest absolute Gasteiger partial charge is 0.242 e. The van der Waals surface area contributed by atoms with Crippen LogP contribution in [0.5, 0.6) is 0 Å². The molecule has 0 radical (unpaired) electrons. The summed E-state index contributed by atoms with van der Waals surface area (Å²) in [6.07, 6.45) is 0. The van der Waals surface area contributed by atoms with E-state index in [1.54, 1.807) is 4.57 Å². The molecule has 0 aliphatic rings. The van der Waals surface area contributed by atoms with Crippen molar-refractivity contribution in [3.05, 3.63) is 78.9 Å². The first-order valence-electron chi connectivity index (χ1n) is 8.93. The van der Waals surface area contributed by atoms with E-state index in [-0.39, 0.29) is 11.7 Å². The zero-order chi connectivity index (χ0) is 18.9. The Kier molecular flexibility index (Phi) is 4.18. The van der Waals surface area contributed by atoms with E-state index in [9.17, 15) is 4.79 Å². The van der Waals surface area contributed by atoms with Crippen LogP contribution in [-0.2, 0) is 0 Å². The van der Waals surface area contributed by atoms with Crippen molar-refractivity contribution in [3.63, 3.8) is 0 Å². The van der Waals surface area contributed by atoms with Gasteiger partial charge in [0.25, 0.3) is 0 Å². The Bertz CT molecular complexity index is 1240. The topological polar surface area (TPSA) is 63.6 Å². The van der Waals surface area contributed by atoms with Gasteiger partial charge in [0, 0.05) is 16.3 Å². The second kappa shape index (κ2) is 6.98. The lowest BCUT2D eigenvalue weighted by molar-refractivity contribution is 0.0951. The number of para-hydroxylation sites is 2. The molecule has 0 saturated heterocycles. The van der Waals surface area contributed by atoms with Crippen molar-refractivity contribution >= 4 is 39.5 Å². The van der Waals surface area contributed by atoms with Crippen LogP contribution in [0.2, 0.25) is 0 Å². The van der Waals surface area contributed by atoms with Gasteiger partial charge in [0.05, 0.1) is 16.8 Å². The van der Waals surface area contributed by atoms with E-state index in [2.05, 4.69) is 27.3 Å². The first-order chi connectivity index (χ1) is 13.8. The Balaban J connectivity index is 1.43. The molecule has 0 bridgehead atoms. The minimum atomic E-state index is 0.00783. The fraction of sp³-hybridized carbons (Fsp3) is 0.0455. The third-order valence-corrected chi connectivity index (χ3v) is 5.50. The molecule has 5 rings (SSSR count). The van der Waals surface area contributed by atoms with Crippen LogP contribution >= 0.6 is 11.8 Å². The van der Waals surface area contributed by atoms with Crippen LogP contribution < -0.4 is 0 Å². The Labute approximate surface area is 165 Å². The van der Waals surface area contributed by atoms with Gasteiger partial charge in [0.15, 0.2) is 5.82 Å². The SMILES string of the molecule is O=C(CSc1n[nH]c(-c2ccccc2)n1)n1c2ccccc2c2ccccc21. The van der Waals surface area contributed by atoms with Crippen LogP contribution in [0, 0.1) is 0 Å². The minimum absolute atomic E-state index is 0.00783. The number of H-pyrrole nitrogens is 1. The average molecular weight is 384 g/mol. The number of aromatic amines is 1. The van der Waals surface area contributed by atoms with Crippen LogP contribution in [0.4, 0.5) is 0 Å². The highest BCUT2D eigenvalue weighted by Crippen LogP contribution is 2.29. The maximum Gasteiger partial charge on any atom is 0.242 e. The molecule has 0 saturated carbocycles. The van der Waals surface area contributed by atoms with E-state index >= 15 is 0 Å². The number of hydrogen-bond acceptors (Lipinski definition) is 4. The second-order valence-corrected chi connectivity index (χ2v) is 7.33. The van der Waals surface area contributed by atoms with E-state index in [0.29, 0.717) is 11.0 Å². The minimum Gasteiger partial charge on any atom is -0.279 e. The highest BCUT2D eigenvalue weighted by Gasteiger charge is 2.16. The number of hydrogen-bond donors (Lipinski definition) is 1. The molecule has 0 atom stereocenters. The summed E-state index contributed by atoms with van der Waals surface area (Å²) >= 11 is 1.34. The summed E-state index contributed by atoms with van der Waals surface area (Å²) in [7, 11) is 0. The normalized spacial score (nSPS) is 11.3. The first-order valence-corrected chi connectivity index (χ1v) is 9.92. The van der Waals surface area contributed by atoms with Crippen LogP contribution in [0.15, 0.2) is 84.0 Å². The molecule has 3 aromatic carbocycles. The van der Waals surface area contributed by atoms with Gasteiger partial charge < -0.3 is 0 Å². The number of aromatic nitrogens is 4. The third-order valence-electron chi connectivity index (χ3n) is 4.67. The molecule has 1 N–H and O–H groups in total. The average Bonchev–Trinajstić information content (AvgIpc) is 3.36. The molecule has 0 unspecified atom stereocenters. The second-order valence-electron chi connectivity index (χ2n) is 6.38. The molecule has 2 aromatic heterocycles. The summed E-state index contributed by atoms with van der Waals surface area (Å²) < 4.78 is 1.79. The zero-order valence-corrected chi connectivity index (χ0v) is 15.7. The van der Waals surface area contributed by atoms with Gasteiger partial charge in [-0.05, 0) is 12.1 Å². The number of carbonyl (C=O) groups is 1. The Morgan fingerprint density at radius 1 is 0.857 bits per heavy atom. The predicted octanol–water partition coefficient (Wildman–Crippen LogP) is 5.01. The van der Waals surface area contributed by atoms with E-state index in [1.807, 2.05) is 66.7 Å². The van der Waals surface area contributed by atoms with Crippen molar-refractivity contribution in [2.45, 2.75) is 5.16 Å². The van der Waals surface area contributed by atoms with Gasteiger partial charge in [-0.15, -0.1) is 5.10 Å². The van der Waals surface area contributed by atoms with Gasteiger partial charge >= 0.3 is 0 Å². The number of carbonyl (C=O) groups excluding carboxylic acids is 1. The van der Waals surface area contributed by atoms with Gasteiger partial charge in [0.1, 0.15) is 0 Å². The molecule has 0 aliphatic heterocycles. The van der Waals surface area contributed by atoms with Gasteiger partial charge in [0.2, 0.25) is 11.1 Å². The van der Waals surface area contributed by atoms with Gasteiger partial charge in [-0.3, -0.25) is 14.5 Å². The van der Waals surface area contributed by atoms with Crippen molar-refractivity contribution in [3.8, 4) is 11.4 Å². The molecule has 2 heterocycles. The molecule has 0 aliphatic carbocycles. The molecule has 0 spiro atoms. The highest BCUT2D eigenvalue weighted by atomic mass is 32.2. The molecule has 0 fully saturated rings. The monoisotopic (exact) mass is 384 g/mol. The van der Waals surface area contributed by atoms with Gasteiger partial charge in [-0.1, -0.05) is 78.5 Å². The summed E-state index contributed by atoms with van der Waals surface area (Å²) in [6, 6.07) is 25.8. The number of rotatable bonds is 4. The molecule has 136 valence electrons. The third kappa shape index (κ3) is 2.88. The molecule has 6 heteroatoms. The number of nitrogens with one attached hydrogen (secondary N) is 1. The quantitative estimate of drug-likeness (QED) is 0.442. The van der Waals surface area contributed by atoms with Gasteiger partial charge in [-0.25, -0.2) is 4.98 Å². The fourth-order valence-corrected chi connectivity index (χ4v) is 4.07. The number of nitrogens with zero attached hydrogens (tertiary/aromatic N) is 3. The highest BCUT2D eigenvalue weighted by molar-refractivity contribution is 7.99. The zero-order valence-electron chi connectivity index (χ0n) is 14.9. The van der Waals surface area contributed by atoms with E-state index < -0.39 is 0 Å². The molecule has 5 aromatic rings. The largest absolute Gasteiger partial charge is 0.279 e. The van der Waals surface area contributed by atoms with Crippen molar-refractivity contribution in [1.29, 1.82) is 0 Å². The lowest BCUT2D eigenvalue weighted by Gasteiger charge is -2.04. The Morgan fingerprint density at radius 2 is 1.46 bits per heavy atom. The van der Waals surface area contributed by atoms with Crippen LogP contribution in [0.3, 0.4) is 0 Å². The Hall–Kier alpha value is -3.38. The summed E-state index contributed by atoms with van der Waals surface area (Å²) in [5.74, 6) is 0.968. The standard InChI is InChI=1S/C22H16N4OS/c27-20(14-28-22-23-21(24-25-22)15-8-2-1-3-9-15)26-18-12-6-4-10-16(18)17-11-5-7-13-19(17)26/h1-13H,14H2,(H,23,24,25). The van der Waals surface area contributed by atoms with Crippen LogP contribution in [0.25, 0.3) is 33.2 Å². The van der Waals surface area contributed by atoms with Crippen molar-refractivity contribution in [2.75, 3.05) is 5.75 Å². The number of benzene rings is 3. The van der Waals surface area contributed by atoms with Gasteiger partial charge in [-0.2, -0.15) is 0 Å². The lowest BCUT2D eigenvalue weighted by Crippen LogP contribution is -2.12. The van der Waals surface area contributed by atoms with Crippen molar-refractivity contribution in [1.82, 2.24) is 19.7 Å². The lowest BCUT2D eigenvalue weighted by atomic mass is 10.2. The summed E-state index contributed by atoms with van der Waals surface area (Å²) in [5.41, 5.74) is 2.82. The van der Waals surface area contributed by atoms with E-state index in [4.69, 9.17) is 0 Å². The fourth-order valence-electron chi connectivity index (χ4n) is 3.42. The van der Waals surface area contributed by atoms with Crippen LogP contribution in [-0.4, -0.2) is 31.4 Å². The maximum absolute atomic E-state index is 13.1. The summed E-state index contributed by atoms with van der Waals surface area (Å²) in [6.45, 7) is 0. The van der Waals surface area contributed by atoms with Crippen molar-refractivity contribution in [2.24, 2.45) is 0 Å². The summed E-state index contributed by atoms with van der Waals surface area (Å²) in [4.78, 5) is 17.6. The number of fused-ring (bicyclic) bond motifs is 3. The van der Waals surface area contributed by atoms with Crippen molar-refractivity contribution < 1.29 is 4.79 Å². The first kappa shape index (κ1) is 16.8. The Morgan fingerprint density at radius 3 is 2.14 bits per heavy atom. The molecular weight excluding hydrogens is 368 g/mol. The summed E-state index contributed by atoms with van der Waals surface area (Å²) in [5, 5.41) is 9.91. The predicted molar refractivity (Wildman–Crippen MR) is 113 cm³/mol. The van der Waals surface area contributed by atoms with E-state index in [0.717, 1.165) is 27.4 Å². The van der Waals surface area contributed by atoms with E-state index in [1.165, 1.54) is 11.8 Å². The molecule has 0 amide bonds. The molecule has 5 nitrogen and oxygen atoms in total.